The molecule has 0 aliphatic carbocycles. The van der Waals surface area contributed by atoms with Crippen LogP contribution in [0.1, 0.15) is 39.2 Å². The highest BCUT2D eigenvalue weighted by Gasteiger charge is 2.41. The monoisotopic (exact) mass is 593 g/mol. The molecule has 8 nitrogen and oxygen atoms in total. The molecule has 12 heteroatoms. The van der Waals surface area contributed by atoms with E-state index in [1.54, 1.807) is 18.3 Å². The third-order valence-corrected chi connectivity index (χ3v) is 6.90. The molecule has 2 aromatic carbocycles. The number of nitrogens with zero attached hydrogens (tertiary/aromatic N) is 5. The zero-order valence-corrected chi connectivity index (χ0v) is 23.1. The Bertz CT molecular complexity index is 1730. The molecule has 0 saturated heterocycles. The average Bonchev–Trinajstić information content (AvgIpc) is 3.66. The van der Waals surface area contributed by atoms with Crippen molar-refractivity contribution >= 4 is 5.97 Å². The highest BCUT2D eigenvalue weighted by atomic mass is 19.4. The maximum Gasteiger partial charge on any atom is 0.434 e. The molecule has 1 N–H and O–H groups in total. The number of aromatic carboxylic acids is 1. The summed E-state index contributed by atoms with van der Waals surface area (Å²) in [5, 5.41) is 17.0. The summed E-state index contributed by atoms with van der Waals surface area (Å²) < 4.78 is 63.8. The van der Waals surface area contributed by atoms with Crippen LogP contribution in [0, 0.1) is 12.7 Å². The largest absolute Gasteiger partial charge is 0.494 e. The summed E-state index contributed by atoms with van der Waals surface area (Å²) in [4.78, 5) is 15.7. The van der Waals surface area contributed by atoms with Gasteiger partial charge in [0.15, 0.2) is 11.5 Å². The van der Waals surface area contributed by atoms with Gasteiger partial charge in [-0.3, -0.25) is 4.68 Å². The van der Waals surface area contributed by atoms with E-state index in [-0.39, 0.29) is 11.5 Å². The Morgan fingerprint density at radius 2 is 1.79 bits per heavy atom. The zero-order chi connectivity index (χ0) is 30.6. The lowest BCUT2D eigenvalue weighted by atomic mass is 9.95. The first-order valence-corrected chi connectivity index (χ1v) is 13.4. The van der Waals surface area contributed by atoms with Crippen LogP contribution in [-0.2, 0) is 25.6 Å². The number of rotatable bonds is 11. The Kier molecular flexibility index (Phi) is 8.56. The van der Waals surface area contributed by atoms with Gasteiger partial charge in [-0.2, -0.15) is 23.4 Å². The highest BCUT2D eigenvalue weighted by molar-refractivity contribution is 5.89. The fraction of sp³-hybridized carbons (Fsp3) is 0.226. The normalized spacial score (nSPS) is 11.6. The maximum atomic E-state index is 14.4. The zero-order valence-electron chi connectivity index (χ0n) is 23.1. The minimum atomic E-state index is -5.00. The molecule has 43 heavy (non-hydrogen) atoms. The number of aryl methyl sites for hydroxylation is 4. The van der Waals surface area contributed by atoms with E-state index < -0.39 is 29.2 Å². The van der Waals surface area contributed by atoms with E-state index in [4.69, 9.17) is 4.74 Å². The van der Waals surface area contributed by atoms with E-state index in [0.717, 1.165) is 35.4 Å². The smallest absolute Gasteiger partial charge is 0.434 e. The molecule has 0 aliphatic heterocycles. The number of carboxylic acids is 1. The van der Waals surface area contributed by atoms with Crippen LogP contribution in [0.3, 0.4) is 0 Å². The van der Waals surface area contributed by atoms with E-state index in [1.807, 2.05) is 42.1 Å². The number of halogens is 4. The lowest BCUT2D eigenvalue weighted by Crippen LogP contribution is -2.18. The first kappa shape index (κ1) is 29.5. The summed E-state index contributed by atoms with van der Waals surface area (Å²) in [7, 11) is 0. The number of carbonyl (C=O) groups is 1. The van der Waals surface area contributed by atoms with Gasteiger partial charge in [-0.15, -0.1) is 0 Å². The fourth-order valence-electron chi connectivity index (χ4n) is 4.81. The van der Waals surface area contributed by atoms with Gasteiger partial charge in [0, 0.05) is 30.9 Å². The number of alkyl halides is 3. The Morgan fingerprint density at radius 3 is 2.51 bits per heavy atom. The van der Waals surface area contributed by atoms with Crippen molar-refractivity contribution < 1.29 is 32.2 Å². The second kappa shape index (κ2) is 12.5. The quantitative estimate of drug-likeness (QED) is 0.138. The van der Waals surface area contributed by atoms with Crippen molar-refractivity contribution in [1.29, 1.82) is 0 Å². The molecule has 0 radical (unpaired) electrons. The average molecular weight is 594 g/mol. The van der Waals surface area contributed by atoms with E-state index in [0.29, 0.717) is 35.9 Å². The van der Waals surface area contributed by atoms with Gasteiger partial charge in [0.2, 0.25) is 0 Å². The van der Waals surface area contributed by atoms with Gasteiger partial charge in [-0.1, -0.05) is 18.2 Å². The minimum Gasteiger partial charge on any atom is -0.494 e. The Labute approximate surface area is 244 Å². The minimum absolute atomic E-state index is 0.225. The number of pyridine rings is 1. The number of benzene rings is 2. The Hall–Kier alpha value is -5.00. The van der Waals surface area contributed by atoms with Crippen molar-refractivity contribution in [3.05, 3.63) is 113 Å². The topological polar surface area (TPSA) is 95.1 Å². The van der Waals surface area contributed by atoms with Crippen LogP contribution in [0.2, 0.25) is 0 Å². The molecule has 0 amide bonds. The van der Waals surface area contributed by atoms with Gasteiger partial charge in [-0.25, -0.2) is 18.9 Å². The molecule has 3 aromatic heterocycles. The van der Waals surface area contributed by atoms with Crippen molar-refractivity contribution in [1.82, 2.24) is 24.5 Å². The number of hydrogen-bond acceptors (Lipinski definition) is 5. The molecule has 0 saturated carbocycles. The lowest BCUT2D eigenvalue weighted by Gasteiger charge is -2.14. The summed E-state index contributed by atoms with van der Waals surface area (Å²) in [6.07, 6.45) is 1.20. The third kappa shape index (κ3) is 6.91. The molecule has 0 aliphatic rings. The van der Waals surface area contributed by atoms with Crippen LogP contribution in [0.25, 0.3) is 17.1 Å². The number of carboxylic acid groups (broad SMARTS) is 1. The number of hydrogen-bond donors (Lipinski definition) is 1. The summed E-state index contributed by atoms with van der Waals surface area (Å²) in [6, 6.07) is 16.3. The molecular weight excluding hydrogens is 566 g/mol. The van der Waals surface area contributed by atoms with Crippen molar-refractivity contribution in [2.75, 3.05) is 6.61 Å². The van der Waals surface area contributed by atoms with Crippen LogP contribution >= 0.6 is 0 Å². The van der Waals surface area contributed by atoms with Gasteiger partial charge in [0.05, 0.1) is 18.5 Å². The summed E-state index contributed by atoms with van der Waals surface area (Å²) in [6.45, 7) is 3.29. The van der Waals surface area contributed by atoms with Gasteiger partial charge in [0.1, 0.15) is 17.1 Å². The predicted molar refractivity (Wildman–Crippen MR) is 150 cm³/mol. The van der Waals surface area contributed by atoms with Gasteiger partial charge in [0.25, 0.3) is 0 Å². The van der Waals surface area contributed by atoms with Crippen LogP contribution in [0.4, 0.5) is 17.6 Å². The maximum absolute atomic E-state index is 14.4. The van der Waals surface area contributed by atoms with Gasteiger partial charge < -0.3 is 9.84 Å². The molecule has 0 unspecified atom stereocenters. The molecule has 0 bridgehead atoms. The molecular formula is C31H27F4N5O3. The first-order valence-electron chi connectivity index (χ1n) is 13.4. The molecule has 0 fully saturated rings. The van der Waals surface area contributed by atoms with Gasteiger partial charge >= 0.3 is 12.1 Å². The predicted octanol–water partition coefficient (Wildman–Crippen LogP) is 6.55. The Morgan fingerprint density at radius 1 is 1.00 bits per heavy atom. The number of ether oxygens (including phenoxy) is 1. The molecule has 5 aromatic rings. The van der Waals surface area contributed by atoms with Crippen LogP contribution in [-0.4, -0.2) is 42.2 Å². The summed E-state index contributed by atoms with van der Waals surface area (Å²) >= 11 is 0. The summed E-state index contributed by atoms with van der Waals surface area (Å²) in [5.74, 6) is -1.78. The SMILES string of the molecule is Cc1cc(OCCCn2cccn2)ccc1CCc1ccc(F)cc1-c1cccc(-n2ncc(C(=O)O)c2C(F)(F)F)n1. The second-order valence-electron chi connectivity index (χ2n) is 9.86. The van der Waals surface area contributed by atoms with Crippen molar-refractivity contribution in [2.24, 2.45) is 0 Å². The fourth-order valence-corrected chi connectivity index (χ4v) is 4.81. The van der Waals surface area contributed by atoms with Crippen LogP contribution in [0.15, 0.2) is 79.3 Å². The van der Waals surface area contributed by atoms with E-state index >= 15 is 0 Å². The molecule has 0 atom stereocenters. The van der Waals surface area contributed by atoms with Crippen LogP contribution in [0.5, 0.6) is 5.75 Å². The molecule has 3 heterocycles. The molecule has 222 valence electrons. The number of aromatic nitrogens is 5. The highest BCUT2D eigenvalue weighted by Crippen LogP contribution is 2.34. The van der Waals surface area contributed by atoms with Crippen LogP contribution < -0.4 is 4.74 Å². The molecule has 0 spiro atoms. The van der Waals surface area contributed by atoms with E-state index in [1.165, 1.54) is 24.3 Å². The van der Waals surface area contributed by atoms with Gasteiger partial charge in [-0.05, 0) is 78.9 Å². The van der Waals surface area contributed by atoms with Crippen molar-refractivity contribution in [2.45, 2.75) is 38.9 Å². The first-order chi connectivity index (χ1) is 20.6. The van der Waals surface area contributed by atoms with Crippen molar-refractivity contribution in [3.63, 3.8) is 0 Å². The lowest BCUT2D eigenvalue weighted by molar-refractivity contribution is -0.143. The van der Waals surface area contributed by atoms with E-state index in [9.17, 15) is 27.5 Å². The second-order valence-corrected chi connectivity index (χ2v) is 9.86. The molecule has 5 rings (SSSR count). The third-order valence-electron chi connectivity index (χ3n) is 6.90. The Balaban J connectivity index is 1.33. The standard InChI is InChI=1S/C31H27F4N5O3/c1-20-17-24(43-16-4-15-39-14-3-13-36-39)12-10-21(20)7-8-22-9-11-23(32)18-25(22)27-5-2-6-28(38-27)40-29(31(33,34)35)26(19-37-40)30(41)42/h2-3,5-6,9-14,17-19H,4,7-8,15-16H2,1H3,(H,41,42). The van der Waals surface area contributed by atoms with Crippen molar-refractivity contribution in [3.8, 4) is 22.8 Å². The van der Waals surface area contributed by atoms with E-state index in [2.05, 4.69) is 15.2 Å². The summed E-state index contributed by atoms with van der Waals surface area (Å²) in [5.41, 5.74) is 1.03.